The summed E-state index contributed by atoms with van der Waals surface area (Å²) in [5.41, 5.74) is 1.54. The second-order valence-corrected chi connectivity index (χ2v) is 7.78. The molecule has 0 saturated heterocycles. The number of para-hydroxylation sites is 2. The third kappa shape index (κ3) is 5.39. The Kier molecular flexibility index (Phi) is 7.23. The monoisotopic (exact) mass is 488 g/mol. The van der Waals surface area contributed by atoms with Crippen molar-refractivity contribution in [3.63, 3.8) is 0 Å². The number of benzene rings is 3. The molecule has 35 heavy (non-hydrogen) atoms. The summed E-state index contributed by atoms with van der Waals surface area (Å²) in [6.45, 7) is 1.90. The molecule has 1 heterocycles. The minimum atomic E-state index is -0.565. The molecule has 0 aliphatic rings. The van der Waals surface area contributed by atoms with Crippen molar-refractivity contribution in [3.8, 4) is 5.69 Å². The highest BCUT2D eigenvalue weighted by molar-refractivity contribution is 6.31. The van der Waals surface area contributed by atoms with Crippen LogP contribution in [-0.2, 0) is 4.74 Å². The van der Waals surface area contributed by atoms with Crippen molar-refractivity contribution in [2.24, 2.45) is 0 Å². The number of amides is 2. The second-order valence-electron chi connectivity index (χ2n) is 7.34. The van der Waals surface area contributed by atoms with E-state index in [9.17, 15) is 14.4 Å². The number of halogens is 1. The normalized spacial score (nSPS) is 10.5. The number of carbonyl (C=O) groups is 3. The van der Waals surface area contributed by atoms with Gasteiger partial charge in [-0.3, -0.25) is 9.59 Å². The first-order valence-corrected chi connectivity index (χ1v) is 11.1. The zero-order valence-electron chi connectivity index (χ0n) is 18.7. The molecular formula is C26H21ClN4O4. The Morgan fingerprint density at radius 1 is 0.886 bits per heavy atom. The van der Waals surface area contributed by atoms with Crippen molar-refractivity contribution in [1.29, 1.82) is 0 Å². The van der Waals surface area contributed by atoms with Gasteiger partial charge in [-0.25, -0.2) is 9.48 Å². The summed E-state index contributed by atoms with van der Waals surface area (Å²) in [5.74, 6) is -1.43. The summed E-state index contributed by atoms with van der Waals surface area (Å²) < 4.78 is 6.53. The predicted molar refractivity (Wildman–Crippen MR) is 133 cm³/mol. The molecule has 2 N–H and O–H groups in total. The molecule has 0 aliphatic carbocycles. The molecule has 176 valence electrons. The molecule has 0 saturated carbocycles. The number of rotatable bonds is 7. The number of aromatic nitrogens is 2. The van der Waals surface area contributed by atoms with E-state index >= 15 is 0 Å². The number of nitrogens with zero attached hydrogens (tertiary/aromatic N) is 2. The van der Waals surface area contributed by atoms with Crippen LogP contribution < -0.4 is 10.6 Å². The highest BCUT2D eigenvalue weighted by Gasteiger charge is 2.23. The smallest absolute Gasteiger partial charge is 0.340 e. The van der Waals surface area contributed by atoms with Crippen molar-refractivity contribution < 1.29 is 19.1 Å². The lowest BCUT2D eigenvalue weighted by Gasteiger charge is -2.13. The van der Waals surface area contributed by atoms with Crippen molar-refractivity contribution in [2.75, 3.05) is 17.2 Å². The van der Waals surface area contributed by atoms with E-state index in [1.165, 1.54) is 16.9 Å². The number of esters is 1. The first kappa shape index (κ1) is 23.7. The highest BCUT2D eigenvalue weighted by atomic mass is 35.5. The average Bonchev–Trinajstić information content (AvgIpc) is 3.28. The Labute approximate surface area is 206 Å². The topological polar surface area (TPSA) is 102 Å². The minimum Gasteiger partial charge on any atom is -0.462 e. The molecule has 0 bridgehead atoms. The van der Waals surface area contributed by atoms with Crippen LogP contribution >= 0.6 is 11.6 Å². The van der Waals surface area contributed by atoms with Gasteiger partial charge in [0.15, 0.2) is 0 Å². The summed E-state index contributed by atoms with van der Waals surface area (Å²) in [4.78, 5) is 38.6. The molecular weight excluding hydrogens is 468 g/mol. The quantitative estimate of drug-likeness (QED) is 0.348. The number of hydrogen-bond acceptors (Lipinski definition) is 5. The third-order valence-corrected chi connectivity index (χ3v) is 5.24. The van der Waals surface area contributed by atoms with Crippen LogP contribution in [-0.4, -0.2) is 34.2 Å². The van der Waals surface area contributed by atoms with Gasteiger partial charge in [-0.05, 0) is 49.4 Å². The first-order valence-electron chi connectivity index (χ1n) is 10.8. The maximum atomic E-state index is 13.3. The molecule has 1 aromatic heterocycles. The van der Waals surface area contributed by atoms with E-state index in [0.29, 0.717) is 16.3 Å². The molecule has 0 aliphatic heterocycles. The Hall–Kier alpha value is -4.43. The van der Waals surface area contributed by atoms with Crippen LogP contribution in [0.15, 0.2) is 85.1 Å². The highest BCUT2D eigenvalue weighted by Crippen LogP contribution is 2.24. The Morgan fingerprint density at radius 2 is 1.63 bits per heavy atom. The number of carbonyl (C=O) groups excluding carboxylic acids is 3. The summed E-state index contributed by atoms with van der Waals surface area (Å²) in [6.07, 6.45) is 1.35. The largest absolute Gasteiger partial charge is 0.462 e. The maximum absolute atomic E-state index is 13.3. The summed E-state index contributed by atoms with van der Waals surface area (Å²) >= 11 is 6.03. The number of nitrogens with one attached hydrogen (secondary N) is 2. The van der Waals surface area contributed by atoms with Crippen LogP contribution in [0.4, 0.5) is 11.5 Å². The number of anilines is 2. The van der Waals surface area contributed by atoms with E-state index in [0.717, 1.165) is 0 Å². The molecule has 0 atom stereocenters. The van der Waals surface area contributed by atoms with Crippen LogP contribution in [0.3, 0.4) is 0 Å². The third-order valence-electron chi connectivity index (χ3n) is 5.00. The molecule has 4 aromatic rings. The zero-order valence-corrected chi connectivity index (χ0v) is 19.5. The van der Waals surface area contributed by atoms with E-state index < -0.39 is 17.8 Å². The van der Waals surface area contributed by atoms with Gasteiger partial charge in [-0.1, -0.05) is 48.0 Å². The minimum absolute atomic E-state index is 0.0999. The SMILES string of the molecule is CCOC(=O)c1ccccc1NC(=O)c1cnn(-c2ccccc2)c1NC(=O)c1cccc(Cl)c1. The fourth-order valence-corrected chi connectivity index (χ4v) is 3.57. The molecule has 0 unspecified atom stereocenters. The predicted octanol–water partition coefficient (Wildman–Crippen LogP) is 5.21. The summed E-state index contributed by atoms with van der Waals surface area (Å²) in [6, 6.07) is 22.0. The fourth-order valence-electron chi connectivity index (χ4n) is 3.38. The van der Waals surface area contributed by atoms with E-state index in [1.54, 1.807) is 61.5 Å². The van der Waals surface area contributed by atoms with Gasteiger partial charge >= 0.3 is 5.97 Å². The first-order chi connectivity index (χ1) is 17.0. The van der Waals surface area contributed by atoms with E-state index in [4.69, 9.17) is 16.3 Å². The van der Waals surface area contributed by atoms with Gasteiger partial charge in [-0.2, -0.15) is 5.10 Å². The number of ether oxygens (including phenoxy) is 1. The van der Waals surface area contributed by atoms with Crippen LogP contribution in [0, 0.1) is 0 Å². The van der Waals surface area contributed by atoms with Crippen molar-refractivity contribution >= 4 is 40.9 Å². The Balaban J connectivity index is 1.70. The lowest BCUT2D eigenvalue weighted by Crippen LogP contribution is -2.20. The Morgan fingerprint density at radius 3 is 2.37 bits per heavy atom. The van der Waals surface area contributed by atoms with E-state index in [1.807, 2.05) is 18.2 Å². The lowest BCUT2D eigenvalue weighted by molar-refractivity contribution is 0.0527. The summed E-state index contributed by atoms with van der Waals surface area (Å²) in [5, 5.41) is 10.2. The van der Waals surface area contributed by atoms with Crippen molar-refractivity contribution in [2.45, 2.75) is 6.92 Å². The second kappa shape index (κ2) is 10.7. The van der Waals surface area contributed by atoms with Crippen molar-refractivity contribution in [3.05, 3.63) is 107 Å². The molecule has 9 heteroatoms. The van der Waals surface area contributed by atoms with Crippen molar-refractivity contribution in [1.82, 2.24) is 9.78 Å². The molecule has 0 spiro atoms. The van der Waals surface area contributed by atoms with Gasteiger partial charge < -0.3 is 15.4 Å². The molecule has 0 radical (unpaired) electrons. The van der Waals surface area contributed by atoms with Gasteiger partial charge in [-0.15, -0.1) is 0 Å². The fraction of sp³-hybridized carbons (Fsp3) is 0.0769. The van der Waals surface area contributed by atoms with E-state index in [2.05, 4.69) is 15.7 Å². The van der Waals surface area contributed by atoms with Crippen LogP contribution in [0.5, 0.6) is 0 Å². The molecule has 2 amide bonds. The lowest BCUT2D eigenvalue weighted by atomic mass is 10.1. The van der Waals surface area contributed by atoms with Gasteiger partial charge in [0.05, 0.1) is 29.7 Å². The van der Waals surface area contributed by atoms with Crippen LogP contribution in [0.1, 0.15) is 38.0 Å². The van der Waals surface area contributed by atoms with Crippen LogP contribution in [0.2, 0.25) is 5.02 Å². The molecule has 8 nitrogen and oxygen atoms in total. The maximum Gasteiger partial charge on any atom is 0.340 e. The van der Waals surface area contributed by atoms with Gasteiger partial charge in [0.25, 0.3) is 11.8 Å². The summed E-state index contributed by atoms with van der Waals surface area (Å²) in [7, 11) is 0. The zero-order chi connectivity index (χ0) is 24.8. The Bertz CT molecular complexity index is 1390. The molecule has 3 aromatic carbocycles. The molecule has 0 fully saturated rings. The number of hydrogen-bond donors (Lipinski definition) is 2. The molecule has 4 rings (SSSR count). The van der Waals surface area contributed by atoms with Crippen LogP contribution in [0.25, 0.3) is 5.69 Å². The van der Waals surface area contributed by atoms with Gasteiger partial charge in [0.1, 0.15) is 11.4 Å². The standard InChI is InChI=1S/C26H21ClN4O4/c1-2-35-26(34)20-13-6-7-14-22(20)29-25(33)21-16-28-31(19-11-4-3-5-12-19)23(21)30-24(32)17-9-8-10-18(27)15-17/h3-16H,2H2,1H3,(H,29,33)(H,30,32). The average molecular weight is 489 g/mol. The van der Waals surface area contributed by atoms with E-state index in [-0.39, 0.29) is 29.2 Å². The van der Waals surface area contributed by atoms with Gasteiger partial charge in [0, 0.05) is 10.6 Å². The van der Waals surface area contributed by atoms with Gasteiger partial charge in [0.2, 0.25) is 0 Å².